The minimum Gasteiger partial charge on any atom is -0.459 e. The van der Waals surface area contributed by atoms with Crippen LogP contribution in [0.4, 0.5) is 74.6 Å². The van der Waals surface area contributed by atoms with E-state index in [1.165, 1.54) is 6.92 Å². The zero-order valence-corrected chi connectivity index (χ0v) is 27.2. The third-order valence-corrected chi connectivity index (χ3v) is 10.1. The van der Waals surface area contributed by atoms with Gasteiger partial charge in [-0.3, -0.25) is 9.59 Å². The van der Waals surface area contributed by atoms with Crippen LogP contribution in [-0.4, -0.2) is 77.6 Å². The SMILES string of the molecule is CC1C2CC(C1C)C(C)(C(=O)OCC(F)(F)C(F)(F)C(F)(F)C(F)F)C2.CCC(C)(C(=O)OC(C)(C)C(O)(C(F)(F)F)C(F)(F)F)C(F)(F)F. The van der Waals surface area contributed by atoms with Crippen molar-refractivity contribution in [2.45, 2.75) is 122 Å². The first-order valence-electron chi connectivity index (χ1n) is 14.5. The van der Waals surface area contributed by atoms with Crippen molar-refractivity contribution in [2.75, 3.05) is 6.61 Å². The van der Waals surface area contributed by atoms with Gasteiger partial charge in [-0.25, -0.2) is 8.78 Å². The van der Waals surface area contributed by atoms with E-state index in [0.29, 0.717) is 18.8 Å². The minimum absolute atomic E-state index is 0.0261. The monoisotopic (exact) mass is 774 g/mol. The Hall–Kier alpha value is -2.29. The molecule has 0 saturated heterocycles. The van der Waals surface area contributed by atoms with Crippen LogP contribution in [0.15, 0.2) is 0 Å². The number of carbonyl (C=O) groups is 2. The Kier molecular flexibility index (Phi) is 12.4. The number of hydrogen-bond acceptors (Lipinski definition) is 5. The van der Waals surface area contributed by atoms with E-state index in [0.717, 1.165) is 6.92 Å². The van der Waals surface area contributed by atoms with Crippen LogP contribution in [-0.2, 0) is 19.1 Å². The van der Waals surface area contributed by atoms with Crippen LogP contribution in [0.2, 0.25) is 0 Å². The highest BCUT2D eigenvalue weighted by Gasteiger charge is 2.79. The molecule has 0 aromatic rings. The fraction of sp³-hybridized carbons (Fsp3) is 0.929. The van der Waals surface area contributed by atoms with E-state index in [9.17, 15) is 89.3 Å². The Labute approximate surface area is 274 Å². The Morgan fingerprint density at radius 3 is 1.56 bits per heavy atom. The van der Waals surface area contributed by atoms with Crippen molar-refractivity contribution >= 4 is 11.9 Å². The van der Waals surface area contributed by atoms with Crippen molar-refractivity contribution in [3.8, 4) is 0 Å². The van der Waals surface area contributed by atoms with E-state index in [1.54, 1.807) is 0 Å². The maximum Gasteiger partial charge on any atom is 0.430 e. The number of carbonyl (C=O) groups excluding carboxylic acids is 2. The number of rotatable bonds is 10. The first-order valence-corrected chi connectivity index (χ1v) is 14.5. The maximum atomic E-state index is 13.5. The topological polar surface area (TPSA) is 72.8 Å². The third kappa shape index (κ3) is 7.45. The lowest BCUT2D eigenvalue weighted by Gasteiger charge is -2.44. The lowest BCUT2D eigenvalue weighted by atomic mass is 9.67. The molecule has 296 valence electrons. The van der Waals surface area contributed by atoms with Gasteiger partial charge in [0.2, 0.25) is 0 Å². The van der Waals surface area contributed by atoms with Crippen molar-refractivity contribution in [3.05, 3.63) is 0 Å². The Morgan fingerprint density at radius 1 is 0.800 bits per heavy atom. The average Bonchev–Trinajstić information content (AvgIpc) is 3.43. The zero-order chi connectivity index (χ0) is 40.3. The highest BCUT2D eigenvalue weighted by molar-refractivity contribution is 5.78. The summed E-state index contributed by atoms with van der Waals surface area (Å²) >= 11 is 0. The van der Waals surface area contributed by atoms with E-state index in [2.05, 4.69) is 9.47 Å². The van der Waals surface area contributed by atoms with Crippen molar-refractivity contribution in [1.82, 2.24) is 0 Å². The predicted octanol–water partition coefficient (Wildman–Crippen LogP) is 9.16. The molecule has 22 heteroatoms. The van der Waals surface area contributed by atoms with Crippen molar-refractivity contribution in [1.29, 1.82) is 0 Å². The standard InChI is InChI=1S/C16H20F8O2.C12H15F9O3/c1-7-8(2)10-4-9(7)5-13(10,3)12(25)26-6-14(19,20)16(23,24)15(21,22)11(17)18;1-5-8(4,10(13,14)15)6(22)24-7(2,3)9(23,11(16,17)18)12(19,20)21/h7-11H,4-6H2,1-3H3;23H,5H2,1-4H3. The number of fused-ring (bicyclic) bond motifs is 2. The molecule has 0 amide bonds. The van der Waals surface area contributed by atoms with E-state index in [-0.39, 0.29) is 38.5 Å². The first-order chi connectivity index (χ1) is 21.8. The van der Waals surface area contributed by atoms with E-state index >= 15 is 0 Å². The summed E-state index contributed by atoms with van der Waals surface area (Å²) in [6.45, 7) is 4.11. The molecule has 2 fully saturated rings. The zero-order valence-electron chi connectivity index (χ0n) is 27.2. The predicted molar refractivity (Wildman–Crippen MR) is 136 cm³/mol. The van der Waals surface area contributed by atoms with Crippen LogP contribution < -0.4 is 0 Å². The fourth-order valence-electron chi connectivity index (χ4n) is 6.11. The maximum absolute atomic E-state index is 13.5. The van der Waals surface area contributed by atoms with Crippen molar-refractivity contribution in [3.63, 3.8) is 0 Å². The molecule has 6 unspecified atom stereocenters. The first kappa shape index (κ1) is 45.7. The van der Waals surface area contributed by atoms with Gasteiger partial charge in [0.1, 0.15) is 0 Å². The van der Waals surface area contributed by atoms with Crippen LogP contribution >= 0.6 is 0 Å². The highest BCUT2D eigenvalue weighted by Crippen LogP contribution is 2.61. The van der Waals surface area contributed by atoms with Crippen molar-refractivity contribution in [2.24, 2.45) is 34.5 Å². The summed E-state index contributed by atoms with van der Waals surface area (Å²) in [7, 11) is 0. The number of halogens is 17. The summed E-state index contributed by atoms with van der Waals surface area (Å²) in [6, 6.07) is 0. The van der Waals surface area contributed by atoms with Gasteiger partial charge in [0.25, 0.3) is 5.60 Å². The third-order valence-electron chi connectivity index (χ3n) is 10.1. The minimum atomic E-state index is -6.37. The van der Waals surface area contributed by atoms with Gasteiger partial charge in [-0.15, -0.1) is 0 Å². The number of alkyl halides is 17. The molecule has 6 atom stereocenters. The van der Waals surface area contributed by atoms with E-state index in [4.69, 9.17) is 0 Å². The fourth-order valence-corrected chi connectivity index (χ4v) is 6.11. The molecule has 2 rings (SSSR count). The Balaban J connectivity index is 0.000000502. The average molecular weight is 775 g/mol. The molecule has 5 nitrogen and oxygen atoms in total. The van der Waals surface area contributed by atoms with Gasteiger partial charge < -0.3 is 14.6 Å². The Bertz CT molecular complexity index is 1210. The molecule has 50 heavy (non-hydrogen) atoms. The van der Waals surface area contributed by atoms with Crippen LogP contribution in [0.3, 0.4) is 0 Å². The van der Waals surface area contributed by atoms with Crippen LogP contribution in [0, 0.1) is 34.5 Å². The second-order valence-corrected chi connectivity index (χ2v) is 13.5. The number of hydrogen-bond donors (Lipinski definition) is 1. The molecule has 2 aliphatic rings. The van der Waals surface area contributed by atoms with Gasteiger partial charge in [0.15, 0.2) is 17.6 Å². The molecule has 0 aliphatic heterocycles. The van der Waals surface area contributed by atoms with Gasteiger partial charge in [-0.1, -0.05) is 20.8 Å². The van der Waals surface area contributed by atoms with Crippen LogP contribution in [0.5, 0.6) is 0 Å². The molecule has 0 aromatic carbocycles. The molecular weight excluding hydrogens is 739 g/mol. The summed E-state index contributed by atoms with van der Waals surface area (Å²) in [5.41, 5.74) is -13.9. The normalized spacial score (nSPS) is 26.7. The molecular formula is C28H35F17O5. The van der Waals surface area contributed by atoms with E-state index in [1.807, 2.05) is 13.8 Å². The Morgan fingerprint density at radius 2 is 1.24 bits per heavy atom. The molecule has 2 aliphatic carbocycles. The molecule has 0 heterocycles. The smallest absolute Gasteiger partial charge is 0.430 e. The van der Waals surface area contributed by atoms with Gasteiger partial charge >= 0.3 is 54.7 Å². The van der Waals surface area contributed by atoms with Crippen LogP contribution in [0.1, 0.15) is 67.7 Å². The summed E-state index contributed by atoms with van der Waals surface area (Å²) < 4.78 is 227. The quantitative estimate of drug-likeness (QED) is 0.177. The van der Waals surface area contributed by atoms with Gasteiger partial charge in [0, 0.05) is 0 Å². The summed E-state index contributed by atoms with van der Waals surface area (Å²) in [6.07, 6.45) is -23.0. The number of ether oxygens (including phenoxy) is 2. The highest BCUT2D eigenvalue weighted by atomic mass is 19.4. The molecule has 2 bridgehead atoms. The lowest BCUT2D eigenvalue weighted by Crippen LogP contribution is -2.70. The molecule has 1 N–H and O–H groups in total. The number of aliphatic hydroxyl groups is 1. The van der Waals surface area contributed by atoms with Crippen molar-refractivity contribution < 1.29 is 98.8 Å². The van der Waals surface area contributed by atoms with Crippen LogP contribution in [0.25, 0.3) is 0 Å². The van der Waals surface area contributed by atoms with Gasteiger partial charge in [-0.05, 0) is 70.6 Å². The number of esters is 2. The second kappa shape index (κ2) is 13.6. The summed E-state index contributed by atoms with van der Waals surface area (Å²) in [4.78, 5) is 23.9. The lowest BCUT2D eigenvalue weighted by molar-refractivity contribution is -0.408. The van der Waals surface area contributed by atoms with E-state index < -0.39 is 89.7 Å². The van der Waals surface area contributed by atoms with Gasteiger partial charge in [-0.2, -0.15) is 65.9 Å². The largest absolute Gasteiger partial charge is 0.459 e. The molecule has 0 aromatic heterocycles. The molecule has 0 radical (unpaired) electrons. The summed E-state index contributed by atoms with van der Waals surface area (Å²) in [5, 5.41) is 9.19. The summed E-state index contributed by atoms with van der Waals surface area (Å²) in [5.74, 6) is -21.5. The molecule has 2 saturated carbocycles. The molecule has 0 spiro atoms. The van der Waals surface area contributed by atoms with Gasteiger partial charge in [0.05, 0.1) is 5.41 Å². The second-order valence-electron chi connectivity index (χ2n) is 13.5.